The predicted molar refractivity (Wildman–Crippen MR) is 182 cm³/mol. The Bertz CT molecular complexity index is 1810. The van der Waals surface area contributed by atoms with Crippen LogP contribution in [0, 0.1) is 23.3 Å². The van der Waals surface area contributed by atoms with Crippen LogP contribution in [0.5, 0.6) is 0 Å². The molecule has 0 aliphatic carbocycles. The van der Waals surface area contributed by atoms with Gasteiger partial charge in [0.15, 0.2) is 0 Å². The summed E-state index contributed by atoms with van der Waals surface area (Å²) in [6.45, 7) is 10.0. The second-order valence-electron chi connectivity index (χ2n) is 10.7. The molecule has 2 atom stereocenters. The van der Waals surface area contributed by atoms with Gasteiger partial charge in [0.25, 0.3) is 11.1 Å². The van der Waals surface area contributed by atoms with E-state index in [-0.39, 0.29) is 52.1 Å². The molecule has 5 N–H and O–H groups in total. The summed E-state index contributed by atoms with van der Waals surface area (Å²) in [6.07, 6.45) is 0. The van der Waals surface area contributed by atoms with Crippen molar-refractivity contribution in [1.29, 1.82) is 0 Å². The Morgan fingerprint density at radius 3 is 1.45 bits per heavy atom. The number of halogens is 6. The van der Waals surface area contributed by atoms with Crippen molar-refractivity contribution >= 4 is 26.5 Å². The van der Waals surface area contributed by atoms with Gasteiger partial charge in [-0.15, -0.1) is 0 Å². The fourth-order valence-corrected chi connectivity index (χ4v) is 4.39. The summed E-state index contributed by atoms with van der Waals surface area (Å²) >= 11 is 5.46. The van der Waals surface area contributed by atoms with Crippen LogP contribution in [0.3, 0.4) is 0 Å². The number of hydrogen-bond donors (Lipinski definition) is 4. The highest BCUT2D eigenvalue weighted by molar-refractivity contribution is 7.03. The number of rotatable bonds is 6. The second-order valence-corrected chi connectivity index (χ2v) is 11.5. The van der Waals surface area contributed by atoms with Crippen LogP contribution in [0.2, 0.25) is 5.15 Å². The average molecular weight is 752 g/mol. The lowest BCUT2D eigenvalue weighted by Crippen LogP contribution is -3.00. The number of hydrogen-bond acceptors (Lipinski definition) is 7. The molecular formula is C31H39Cl2F4N7O4P-. The zero-order valence-electron chi connectivity index (χ0n) is 27.7. The lowest BCUT2D eigenvalue weighted by atomic mass is 10.1. The highest BCUT2D eigenvalue weighted by atomic mass is 35.5. The molecule has 0 saturated heterocycles. The fraction of sp³-hybridized carbons (Fsp3) is 0.355. The van der Waals surface area contributed by atoms with Gasteiger partial charge in [0.1, 0.15) is 34.2 Å². The molecule has 2 aromatic heterocycles. The first-order valence-corrected chi connectivity index (χ1v) is 15.2. The van der Waals surface area contributed by atoms with Crippen LogP contribution in [-0.2, 0) is 0 Å². The van der Waals surface area contributed by atoms with E-state index in [0.29, 0.717) is 0 Å². The van der Waals surface area contributed by atoms with Crippen LogP contribution in [0.1, 0.15) is 76.8 Å². The van der Waals surface area contributed by atoms with Crippen molar-refractivity contribution in [3.05, 3.63) is 130 Å². The number of benzene rings is 2. The molecule has 0 unspecified atom stereocenters. The lowest BCUT2D eigenvalue weighted by Gasteiger charge is -2.17. The molecular weight excluding hydrogens is 712 g/mol. The molecule has 0 radical (unpaired) electrons. The van der Waals surface area contributed by atoms with Gasteiger partial charge < -0.3 is 23.5 Å². The molecule has 18 heteroatoms. The normalized spacial score (nSPS) is 11.4. The van der Waals surface area contributed by atoms with E-state index in [1.54, 1.807) is 41.7 Å². The number of nitrogens with two attached hydrogens (primary N) is 1. The maximum absolute atomic E-state index is 13.7. The summed E-state index contributed by atoms with van der Waals surface area (Å²) in [6, 6.07) is 7.85. The van der Waals surface area contributed by atoms with Crippen LogP contribution in [0.4, 0.5) is 23.4 Å². The maximum atomic E-state index is 13.7. The van der Waals surface area contributed by atoms with E-state index < -0.39 is 52.3 Å². The smallest absolute Gasteiger partial charge is 0.330 e. The highest BCUT2D eigenvalue weighted by Crippen LogP contribution is 2.23. The van der Waals surface area contributed by atoms with Gasteiger partial charge >= 0.3 is 11.4 Å². The summed E-state index contributed by atoms with van der Waals surface area (Å²) in [7, 11) is 4.47. The Balaban J connectivity index is 0.000000724. The Morgan fingerprint density at radius 1 is 0.755 bits per heavy atom. The third-order valence-electron chi connectivity index (χ3n) is 6.19. The van der Waals surface area contributed by atoms with Crippen molar-refractivity contribution in [2.45, 2.75) is 65.7 Å². The van der Waals surface area contributed by atoms with Crippen molar-refractivity contribution in [1.82, 2.24) is 19.1 Å². The minimum absolute atomic E-state index is 0. The summed E-state index contributed by atoms with van der Waals surface area (Å²) in [4.78, 5) is 50.9. The molecule has 0 aliphatic heterocycles. The van der Waals surface area contributed by atoms with Crippen LogP contribution < -0.4 is 46.0 Å². The SMILES string of the molecule is CC(C)n1c(=O)cc(Cl)[nH]c1=O.CC(C)n1c(=O)cc(N[C@@H](C)c2c(F)cccc2F)[nH]c1=O.CN=P.C[C@H](N)c1c(F)cccc1F.[Cl-]. The fourth-order valence-electron chi connectivity index (χ4n) is 4.21. The zero-order valence-corrected chi connectivity index (χ0v) is 30.3. The molecule has 2 heterocycles. The summed E-state index contributed by atoms with van der Waals surface area (Å²) < 4.78 is 58.5. The van der Waals surface area contributed by atoms with Gasteiger partial charge in [0.2, 0.25) is 0 Å². The molecule has 0 bridgehead atoms. The van der Waals surface area contributed by atoms with Crippen LogP contribution >= 0.6 is 20.6 Å². The minimum atomic E-state index is -0.758. The molecule has 49 heavy (non-hydrogen) atoms. The van der Waals surface area contributed by atoms with Gasteiger partial charge in [-0.3, -0.25) is 33.4 Å². The van der Waals surface area contributed by atoms with E-state index in [1.807, 2.05) is 0 Å². The van der Waals surface area contributed by atoms with Crippen LogP contribution in [-0.4, -0.2) is 26.1 Å². The molecule has 4 aromatic rings. The third-order valence-corrected chi connectivity index (χ3v) is 6.39. The average Bonchev–Trinajstić information content (AvgIpc) is 2.92. The second kappa shape index (κ2) is 21.1. The molecule has 0 fully saturated rings. The van der Waals surface area contributed by atoms with E-state index >= 15 is 0 Å². The van der Waals surface area contributed by atoms with Crippen molar-refractivity contribution in [3.63, 3.8) is 0 Å². The van der Waals surface area contributed by atoms with Gasteiger partial charge in [-0.05, 0) is 74.8 Å². The number of H-pyrrole nitrogens is 2. The van der Waals surface area contributed by atoms with Crippen LogP contribution in [0.15, 0.2) is 72.5 Å². The summed E-state index contributed by atoms with van der Waals surface area (Å²) in [5.41, 5.74) is 3.22. The van der Waals surface area contributed by atoms with E-state index in [2.05, 4.69) is 29.1 Å². The largest absolute Gasteiger partial charge is 1.00 e. The third kappa shape index (κ3) is 13.4. The molecule has 0 aliphatic rings. The van der Waals surface area contributed by atoms with Crippen LogP contribution in [0.25, 0.3) is 0 Å². The standard InChI is InChI=1S/C15H17F2N3O2.C8H9F2N.C7H9ClN2O2.CH4NP.ClH/c1-8(2)20-13(21)7-12(19-15(20)22)18-9(3)14-10(16)5-4-6-11(14)17;1-5(11)8-6(9)3-2-4-7(8)10;1-4(2)10-6(11)3-5(8)9-7(10)12;1-2-3;/h4-9,18H,1-3H3,(H,19,22);2-5H,11H2,1H3;3-4H,1-2H3,(H,9,12);3H,1H3;1H/p-1/t9-;5-;;;/m00.../s1. The van der Waals surface area contributed by atoms with Gasteiger partial charge in [0.05, 0.1) is 6.04 Å². The number of aromatic nitrogens is 4. The first-order valence-electron chi connectivity index (χ1n) is 14.4. The molecule has 4 rings (SSSR count). The summed E-state index contributed by atoms with van der Waals surface area (Å²) in [5.74, 6) is -2.45. The monoisotopic (exact) mass is 750 g/mol. The number of aromatic amines is 2. The number of anilines is 1. The maximum Gasteiger partial charge on any atom is 0.330 e. The number of nitrogens with zero attached hydrogens (tertiary/aromatic N) is 3. The van der Waals surface area contributed by atoms with Crippen molar-refractivity contribution in [3.8, 4) is 0 Å². The summed E-state index contributed by atoms with van der Waals surface area (Å²) in [5, 5.41) is 2.81. The Kier molecular flexibility index (Phi) is 19.4. The first-order chi connectivity index (χ1) is 22.4. The Morgan fingerprint density at radius 2 is 1.12 bits per heavy atom. The molecule has 2 aromatic carbocycles. The lowest BCUT2D eigenvalue weighted by molar-refractivity contribution is -0.0000135. The van der Waals surface area contributed by atoms with Gasteiger partial charge in [-0.2, -0.15) is 0 Å². The number of nitrogens with one attached hydrogen (secondary N) is 3. The zero-order chi connectivity index (χ0) is 36.9. The minimum Gasteiger partial charge on any atom is -1.00 e. The molecule has 0 amide bonds. The topological polar surface area (TPSA) is 160 Å². The molecule has 0 saturated carbocycles. The molecule has 270 valence electrons. The van der Waals surface area contributed by atoms with E-state index in [9.17, 15) is 36.7 Å². The molecule has 0 spiro atoms. The van der Waals surface area contributed by atoms with Gasteiger partial charge in [0, 0.05) is 48.4 Å². The quantitative estimate of drug-likeness (QED) is 0.135. The van der Waals surface area contributed by atoms with Crippen molar-refractivity contribution in [2.75, 3.05) is 12.4 Å². The Labute approximate surface area is 293 Å². The molecule has 11 nitrogen and oxygen atoms in total. The van der Waals surface area contributed by atoms with Gasteiger partial charge in [-0.1, -0.05) is 23.7 Å². The highest BCUT2D eigenvalue weighted by Gasteiger charge is 2.17. The Hall–Kier alpha value is -4.04. The van der Waals surface area contributed by atoms with E-state index in [4.69, 9.17) is 17.3 Å². The van der Waals surface area contributed by atoms with E-state index in [1.165, 1.54) is 43.3 Å². The predicted octanol–water partition coefficient (Wildman–Crippen LogP) is 3.27. The van der Waals surface area contributed by atoms with Crippen molar-refractivity contribution < 1.29 is 30.0 Å². The van der Waals surface area contributed by atoms with E-state index in [0.717, 1.165) is 21.3 Å². The van der Waals surface area contributed by atoms with Gasteiger partial charge in [-0.25, -0.2) is 27.2 Å². The van der Waals surface area contributed by atoms with Crippen molar-refractivity contribution in [2.24, 2.45) is 10.5 Å². The first kappa shape index (κ1) is 45.0.